The molecule has 0 aliphatic carbocycles. The van der Waals surface area contributed by atoms with Gasteiger partial charge < -0.3 is 10.1 Å². The Morgan fingerprint density at radius 2 is 0.643 bits per heavy atom. The highest BCUT2D eigenvalue weighted by Crippen LogP contribution is 2.27. The van der Waals surface area contributed by atoms with Gasteiger partial charge in [-0.15, -0.1) is 0 Å². The number of quaternary nitrogens is 1. The van der Waals surface area contributed by atoms with Crippen molar-refractivity contribution in [2.24, 2.45) is 0 Å². The molecular weight excluding hydrogens is 510 g/mol. The predicted molar refractivity (Wildman–Crippen MR) is 189 cm³/mol. The van der Waals surface area contributed by atoms with E-state index < -0.39 is 0 Å². The van der Waals surface area contributed by atoms with Gasteiger partial charge in [0.15, 0.2) is 0 Å². The van der Waals surface area contributed by atoms with Gasteiger partial charge in [0.1, 0.15) is 12.1 Å². The molecule has 0 atom stereocenters. The van der Waals surface area contributed by atoms with Crippen molar-refractivity contribution in [2.75, 3.05) is 19.7 Å². The predicted octanol–water partition coefficient (Wildman–Crippen LogP) is 12.6. The second-order valence-corrected chi connectivity index (χ2v) is 14.4. The maximum Gasteiger partial charge on any atom is 0.117 e. The Balaban J connectivity index is 1.90. The van der Waals surface area contributed by atoms with E-state index in [2.05, 4.69) is 19.2 Å². The van der Waals surface area contributed by atoms with E-state index in [-0.39, 0.29) is 5.60 Å². The van der Waals surface area contributed by atoms with Gasteiger partial charge in [0, 0.05) is 0 Å². The highest BCUT2D eigenvalue weighted by molar-refractivity contribution is 4.81. The molecule has 2 nitrogen and oxygen atoms in total. The van der Waals surface area contributed by atoms with Crippen molar-refractivity contribution in [3.8, 4) is 0 Å². The lowest BCUT2D eigenvalue weighted by Gasteiger charge is -2.36. The molecule has 0 bridgehead atoms. The Labute approximate surface area is 267 Å². The fourth-order valence-electron chi connectivity index (χ4n) is 7.25. The van der Waals surface area contributed by atoms with Crippen molar-refractivity contribution in [2.45, 2.75) is 238 Å². The van der Waals surface area contributed by atoms with Crippen molar-refractivity contribution in [3.63, 3.8) is 0 Å². The molecule has 0 radical (unpaired) electrons. The molecule has 1 rings (SSSR count). The topological polar surface area (TPSA) is 25.8 Å². The molecule has 1 aliphatic rings. The highest BCUT2D eigenvalue weighted by atomic mass is 16.5. The van der Waals surface area contributed by atoms with Crippen LogP contribution in [0, 0.1) is 0 Å². The zero-order chi connectivity index (χ0) is 30.1. The van der Waals surface area contributed by atoms with E-state index in [4.69, 9.17) is 4.74 Å². The van der Waals surface area contributed by atoms with Crippen LogP contribution in [0.5, 0.6) is 0 Å². The van der Waals surface area contributed by atoms with E-state index in [1.165, 1.54) is 231 Å². The molecule has 1 saturated heterocycles. The van der Waals surface area contributed by atoms with Gasteiger partial charge in [0.25, 0.3) is 0 Å². The molecule has 0 aromatic heterocycles. The first-order valence-corrected chi connectivity index (χ1v) is 20.3. The third-order valence-corrected chi connectivity index (χ3v) is 10.2. The summed E-state index contributed by atoms with van der Waals surface area (Å²) in [6, 6.07) is 0. The average Bonchev–Trinajstić information content (AvgIpc) is 3.01. The molecule has 1 aliphatic heterocycles. The Morgan fingerprint density at radius 3 is 0.881 bits per heavy atom. The summed E-state index contributed by atoms with van der Waals surface area (Å²) in [6.45, 7) is 7.97. The van der Waals surface area contributed by atoms with E-state index >= 15 is 0 Å². The number of nitrogens with two attached hydrogens (primary N) is 1. The fourth-order valence-corrected chi connectivity index (χ4v) is 7.25. The minimum atomic E-state index is 0.199. The van der Waals surface area contributed by atoms with Crippen LogP contribution in [0.2, 0.25) is 0 Å². The quantitative estimate of drug-likeness (QED) is 0.0739. The van der Waals surface area contributed by atoms with E-state index in [1.807, 2.05) is 0 Å². The smallest absolute Gasteiger partial charge is 0.117 e. The zero-order valence-corrected chi connectivity index (χ0v) is 29.6. The molecule has 42 heavy (non-hydrogen) atoms. The molecule has 0 aromatic rings. The van der Waals surface area contributed by atoms with Crippen molar-refractivity contribution in [1.82, 2.24) is 0 Å². The van der Waals surface area contributed by atoms with Crippen molar-refractivity contribution >= 4 is 0 Å². The van der Waals surface area contributed by atoms with E-state index in [9.17, 15) is 0 Å². The normalized spacial score (nSPS) is 15.0. The number of morpholine rings is 1. The zero-order valence-electron chi connectivity index (χ0n) is 29.6. The molecular formula is C40H82NO+. The lowest BCUT2D eigenvalue weighted by atomic mass is 9.88. The maximum absolute atomic E-state index is 6.48. The average molecular weight is 593 g/mol. The van der Waals surface area contributed by atoms with Crippen molar-refractivity contribution in [3.05, 3.63) is 0 Å². The number of rotatable bonds is 34. The Bertz CT molecular complexity index is 462. The summed E-state index contributed by atoms with van der Waals surface area (Å²) in [7, 11) is 0. The van der Waals surface area contributed by atoms with E-state index in [1.54, 1.807) is 0 Å². The minimum absolute atomic E-state index is 0.199. The molecule has 0 saturated carbocycles. The molecule has 1 heterocycles. The summed E-state index contributed by atoms with van der Waals surface area (Å²) in [5, 5.41) is 2.53. The molecule has 0 amide bonds. The number of ether oxygens (including phenoxy) is 1. The van der Waals surface area contributed by atoms with Gasteiger partial charge >= 0.3 is 0 Å². The van der Waals surface area contributed by atoms with Crippen LogP contribution in [0.1, 0.15) is 232 Å². The Kier molecular flexibility index (Phi) is 30.7. The van der Waals surface area contributed by atoms with Crippen LogP contribution in [0.3, 0.4) is 0 Å². The molecule has 1 fully saturated rings. The summed E-state index contributed by atoms with van der Waals surface area (Å²) in [6.07, 6.45) is 49.1. The third-order valence-electron chi connectivity index (χ3n) is 10.2. The van der Waals surface area contributed by atoms with E-state index in [0.29, 0.717) is 0 Å². The van der Waals surface area contributed by atoms with Crippen LogP contribution in [-0.4, -0.2) is 25.3 Å². The lowest BCUT2D eigenvalue weighted by Crippen LogP contribution is -2.91. The minimum Gasteiger partial charge on any atom is -0.363 e. The van der Waals surface area contributed by atoms with Gasteiger partial charge in [-0.05, 0) is 12.8 Å². The molecule has 2 N–H and O–H groups in total. The Morgan fingerprint density at radius 1 is 0.381 bits per heavy atom. The first-order valence-electron chi connectivity index (χ1n) is 20.3. The van der Waals surface area contributed by atoms with Crippen molar-refractivity contribution in [1.29, 1.82) is 0 Å². The molecule has 0 aromatic carbocycles. The first kappa shape index (κ1) is 39.9. The third kappa shape index (κ3) is 26.3. The molecule has 0 unspecified atom stereocenters. The van der Waals surface area contributed by atoms with Crippen LogP contribution in [0.15, 0.2) is 0 Å². The number of unbranched alkanes of at least 4 members (excludes halogenated alkanes) is 30. The van der Waals surface area contributed by atoms with Crippen LogP contribution in [-0.2, 0) is 4.74 Å². The molecule has 0 spiro atoms. The van der Waals surface area contributed by atoms with Gasteiger partial charge in [-0.25, -0.2) is 0 Å². The summed E-state index contributed by atoms with van der Waals surface area (Å²) >= 11 is 0. The molecule has 2 heteroatoms. The van der Waals surface area contributed by atoms with Crippen LogP contribution in [0.4, 0.5) is 0 Å². The monoisotopic (exact) mass is 593 g/mol. The molecule has 252 valence electrons. The summed E-state index contributed by atoms with van der Waals surface area (Å²) in [4.78, 5) is 0. The second kappa shape index (κ2) is 32.3. The highest BCUT2D eigenvalue weighted by Gasteiger charge is 2.34. The summed E-state index contributed by atoms with van der Waals surface area (Å²) < 4.78 is 6.48. The SMILES string of the molecule is CCCCCCCCCCCCCCCCCCC1(CCCCCCCCCCCCCCCCCC)C[NH2+]CCO1. The standard InChI is InChI=1S/C40H81NO/c1-3-5-7-9-11-13-15-17-19-21-23-25-27-29-31-33-35-40(39-41-37-38-42-40)36-34-32-30-28-26-24-22-20-18-16-14-12-10-8-6-4-2/h41H,3-39H2,1-2H3/p+1. The number of hydrogen-bond donors (Lipinski definition) is 1. The second-order valence-electron chi connectivity index (χ2n) is 14.4. The van der Waals surface area contributed by atoms with Gasteiger partial charge in [-0.2, -0.15) is 0 Å². The maximum atomic E-state index is 6.48. The van der Waals surface area contributed by atoms with Crippen LogP contribution in [0.25, 0.3) is 0 Å². The summed E-state index contributed by atoms with van der Waals surface area (Å²) in [5.74, 6) is 0. The first-order chi connectivity index (χ1) is 20.8. The van der Waals surface area contributed by atoms with Crippen molar-refractivity contribution < 1.29 is 10.1 Å². The van der Waals surface area contributed by atoms with Gasteiger partial charge in [-0.1, -0.05) is 219 Å². The van der Waals surface area contributed by atoms with Crippen LogP contribution < -0.4 is 5.32 Å². The van der Waals surface area contributed by atoms with Gasteiger partial charge in [0.2, 0.25) is 0 Å². The van der Waals surface area contributed by atoms with Gasteiger partial charge in [0.05, 0.1) is 13.2 Å². The summed E-state index contributed by atoms with van der Waals surface area (Å²) in [5.41, 5.74) is 0.199. The largest absolute Gasteiger partial charge is 0.363 e. The van der Waals surface area contributed by atoms with E-state index in [0.717, 1.165) is 6.61 Å². The van der Waals surface area contributed by atoms with Gasteiger partial charge in [-0.3, -0.25) is 0 Å². The lowest BCUT2D eigenvalue weighted by molar-refractivity contribution is -0.686. The fraction of sp³-hybridized carbons (Fsp3) is 1.00. The Hall–Kier alpha value is -0.0800. The number of hydrogen-bond acceptors (Lipinski definition) is 1. The van der Waals surface area contributed by atoms with Crippen LogP contribution >= 0.6 is 0 Å².